The van der Waals surface area contributed by atoms with E-state index in [0.29, 0.717) is 6.42 Å². The summed E-state index contributed by atoms with van der Waals surface area (Å²) in [6, 6.07) is 45.7. The molecule has 0 nitrogen and oxygen atoms in total. The van der Waals surface area contributed by atoms with Gasteiger partial charge in [0.15, 0.2) is 0 Å². The molecule has 0 heterocycles. The van der Waals surface area contributed by atoms with Crippen LogP contribution in [0, 0.1) is 24.4 Å². The first-order valence-corrected chi connectivity index (χ1v) is 16.7. The summed E-state index contributed by atoms with van der Waals surface area (Å²) in [5, 5.41) is 6.64. The van der Waals surface area contributed by atoms with Crippen molar-refractivity contribution in [3.63, 3.8) is 0 Å². The minimum absolute atomic E-state index is 0.250. The van der Waals surface area contributed by atoms with E-state index < -0.39 is 15.8 Å². The Balaban J connectivity index is 1.47. The average Bonchev–Trinajstić information content (AvgIpc) is 3.03. The van der Waals surface area contributed by atoms with Gasteiger partial charge in [-0.15, -0.1) is 0 Å². The van der Waals surface area contributed by atoms with E-state index >= 15 is 0 Å². The van der Waals surface area contributed by atoms with Gasteiger partial charge in [-0.3, -0.25) is 0 Å². The highest BCUT2D eigenvalue weighted by Gasteiger charge is 2.23. The van der Waals surface area contributed by atoms with Crippen molar-refractivity contribution in [1.29, 1.82) is 0 Å². The van der Waals surface area contributed by atoms with Gasteiger partial charge in [-0.25, -0.2) is 13.2 Å². The standard InChI is InChI=1S/C38H29F3P2/c1-27-10-18-33(19-11-27)42(34-20-12-30(39)13-21-34)37-8-4-2-6-28(37)26-29-7-3-5-9-38(29)43(35-22-14-31(40)15-23-35)36-24-16-32(41)17-25-36/h2-25H,26H2,1H3. The maximum Gasteiger partial charge on any atom is 0.123 e. The van der Waals surface area contributed by atoms with Crippen molar-refractivity contribution in [3.8, 4) is 0 Å². The summed E-state index contributed by atoms with van der Waals surface area (Å²) < 4.78 is 41.9. The molecule has 0 amide bonds. The van der Waals surface area contributed by atoms with E-state index in [1.807, 2.05) is 48.5 Å². The second-order valence-corrected chi connectivity index (χ2v) is 14.7. The monoisotopic (exact) mass is 604 g/mol. The Morgan fingerprint density at radius 3 is 1.05 bits per heavy atom. The van der Waals surface area contributed by atoms with E-state index in [0.717, 1.165) is 26.8 Å². The van der Waals surface area contributed by atoms with Gasteiger partial charge in [0.05, 0.1) is 0 Å². The van der Waals surface area contributed by atoms with Crippen molar-refractivity contribution in [2.24, 2.45) is 0 Å². The molecule has 43 heavy (non-hydrogen) atoms. The molecule has 0 saturated heterocycles. The average molecular weight is 605 g/mol. The molecule has 1 atom stereocenters. The minimum atomic E-state index is -1.08. The van der Waals surface area contributed by atoms with Crippen LogP contribution in [0.15, 0.2) is 146 Å². The molecule has 0 saturated carbocycles. The predicted octanol–water partition coefficient (Wildman–Crippen LogP) is 7.52. The third-order valence-corrected chi connectivity index (χ3v) is 12.5. The quantitative estimate of drug-likeness (QED) is 0.158. The summed E-state index contributed by atoms with van der Waals surface area (Å²) in [7, 11) is -2.03. The van der Waals surface area contributed by atoms with E-state index in [2.05, 4.69) is 67.6 Å². The molecular formula is C38H29F3P2. The van der Waals surface area contributed by atoms with Gasteiger partial charge in [0.25, 0.3) is 0 Å². The number of aryl methyl sites for hydroxylation is 1. The molecule has 0 spiro atoms. The van der Waals surface area contributed by atoms with Gasteiger partial charge in [-0.2, -0.15) is 0 Å². The van der Waals surface area contributed by atoms with E-state index in [9.17, 15) is 13.2 Å². The number of halogens is 3. The van der Waals surface area contributed by atoms with Crippen molar-refractivity contribution in [2.45, 2.75) is 13.3 Å². The zero-order valence-corrected chi connectivity index (χ0v) is 25.4. The molecule has 6 rings (SSSR count). The van der Waals surface area contributed by atoms with Gasteiger partial charge in [0.2, 0.25) is 0 Å². The van der Waals surface area contributed by atoms with E-state index in [1.165, 1.54) is 58.1 Å². The molecule has 0 aliphatic heterocycles. The topological polar surface area (TPSA) is 0 Å². The summed E-state index contributed by atoms with van der Waals surface area (Å²) >= 11 is 0. The summed E-state index contributed by atoms with van der Waals surface area (Å²) in [6.45, 7) is 2.08. The summed E-state index contributed by atoms with van der Waals surface area (Å²) in [4.78, 5) is 0. The molecule has 0 aliphatic carbocycles. The zero-order chi connectivity index (χ0) is 29.8. The highest BCUT2D eigenvalue weighted by Crippen LogP contribution is 2.37. The predicted molar refractivity (Wildman–Crippen MR) is 178 cm³/mol. The smallest absolute Gasteiger partial charge is 0.123 e. The number of hydrogen-bond donors (Lipinski definition) is 0. The van der Waals surface area contributed by atoms with Crippen LogP contribution in [-0.4, -0.2) is 0 Å². The Morgan fingerprint density at radius 1 is 0.395 bits per heavy atom. The van der Waals surface area contributed by atoms with E-state index in [1.54, 1.807) is 0 Å². The van der Waals surface area contributed by atoms with Crippen LogP contribution in [0.1, 0.15) is 16.7 Å². The van der Waals surface area contributed by atoms with Crippen LogP contribution in [0.3, 0.4) is 0 Å². The third kappa shape index (κ3) is 6.65. The second kappa shape index (κ2) is 13.1. The molecule has 0 N–H and O–H groups in total. The third-order valence-electron chi connectivity index (χ3n) is 7.39. The molecule has 0 bridgehead atoms. The number of hydrogen-bond acceptors (Lipinski definition) is 0. The fraction of sp³-hybridized carbons (Fsp3) is 0.0526. The zero-order valence-electron chi connectivity index (χ0n) is 23.6. The largest absolute Gasteiger partial charge is 0.207 e. The maximum absolute atomic E-state index is 14.0. The van der Waals surface area contributed by atoms with Crippen LogP contribution in [0.4, 0.5) is 13.2 Å². The minimum Gasteiger partial charge on any atom is -0.207 e. The Morgan fingerprint density at radius 2 is 0.698 bits per heavy atom. The van der Waals surface area contributed by atoms with Gasteiger partial charge in [-0.05, 0) is 109 Å². The first-order chi connectivity index (χ1) is 21.0. The first-order valence-electron chi connectivity index (χ1n) is 14.1. The van der Waals surface area contributed by atoms with E-state index in [-0.39, 0.29) is 17.5 Å². The Labute approximate surface area is 253 Å². The molecule has 6 aromatic carbocycles. The lowest BCUT2D eigenvalue weighted by molar-refractivity contribution is 0.628. The van der Waals surface area contributed by atoms with Crippen molar-refractivity contribution in [3.05, 3.63) is 180 Å². The highest BCUT2D eigenvalue weighted by molar-refractivity contribution is 7.80. The van der Waals surface area contributed by atoms with Crippen molar-refractivity contribution < 1.29 is 13.2 Å². The molecule has 5 heteroatoms. The van der Waals surface area contributed by atoms with Gasteiger partial charge < -0.3 is 0 Å². The second-order valence-electron chi connectivity index (χ2n) is 10.4. The van der Waals surface area contributed by atoms with Crippen LogP contribution in [0.2, 0.25) is 0 Å². The Hall–Kier alpha value is -4.03. The van der Waals surface area contributed by atoms with Gasteiger partial charge >= 0.3 is 0 Å². The first kappa shape index (κ1) is 29.1. The molecule has 0 aromatic heterocycles. The number of rotatable bonds is 8. The SMILES string of the molecule is Cc1ccc(P(c2ccc(F)cc2)c2ccccc2Cc2ccccc2P(c2ccc(F)cc2)c2ccc(F)cc2)cc1. The lowest BCUT2D eigenvalue weighted by Gasteiger charge is -2.25. The Kier molecular flexibility index (Phi) is 8.85. The van der Waals surface area contributed by atoms with Crippen LogP contribution in [-0.2, 0) is 6.42 Å². The molecule has 0 fully saturated rings. The molecule has 0 radical (unpaired) electrons. The number of benzene rings is 6. The molecular weight excluding hydrogens is 575 g/mol. The van der Waals surface area contributed by atoms with Crippen molar-refractivity contribution >= 4 is 47.7 Å². The van der Waals surface area contributed by atoms with E-state index in [4.69, 9.17) is 0 Å². The van der Waals surface area contributed by atoms with Crippen LogP contribution >= 0.6 is 15.8 Å². The maximum atomic E-state index is 14.0. The fourth-order valence-electron chi connectivity index (χ4n) is 5.28. The lowest BCUT2D eigenvalue weighted by Crippen LogP contribution is -2.26. The van der Waals surface area contributed by atoms with Gasteiger partial charge in [-0.1, -0.05) is 115 Å². The van der Waals surface area contributed by atoms with Crippen LogP contribution in [0.5, 0.6) is 0 Å². The fourth-order valence-corrected chi connectivity index (χ4v) is 10.1. The molecule has 6 aromatic rings. The Bertz CT molecular complexity index is 1590. The van der Waals surface area contributed by atoms with Crippen LogP contribution < -0.4 is 31.8 Å². The van der Waals surface area contributed by atoms with Gasteiger partial charge in [0, 0.05) is 0 Å². The summed E-state index contributed by atoms with van der Waals surface area (Å²) in [6.07, 6.45) is 0.680. The van der Waals surface area contributed by atoms with Crippen molar-refractivity contribution in [1.82, 2.24) is 0 Å². The van der Waals surface area contributed by atoms with Crippen LogP contribution in [0.25, 0.3) is 0 Å². The molecule has 1 unspecified atom stereocenters. The summed E-state index contributed by atoms with van der Waals surface area (Å²) in [5.74, 6) is -0.824. The van der Waals surface area contributed by atoms with Crippen molar-refractivity contribution in [2.75, 3.05) is 0 Å². The normalized spacial score (nSPS) is 11.9. The highest BCUT2D eigenvalue weighted by atomic mass is 31.1. The van der Waals surface area contributed by atoms with Gasteiger partial charge in [0.1, 0.15) is 17.5 Å². The molecule has 212 valence electrons. The molecule has 0 aliphatic rings. The summed E-state index contributed by atoms with van der Waals surface area (Å²) in [5.41, 5.74) is 3.54. The lowest BCUT2D eigenvalue weighted by atomic mass is 10.1.